The van der Waals surface area contributed by atoms with E-state index >= 15 is 0 Å². The van der Waals surface area contributed by atoms with Crippen molar-refractivity contribution < 1.29 is 19.8 Å². The number of hydrogen-bond donors (Lipinski definition) is 2. The van der Waals surface area contributed by atoms with Crippen LogP contribution in [0.25, 0.3) is 0 Å². The molecule has 1 unspecified atom stereocenters. The maximum atomic E-state index is 8.36. The van der Waals surface area contributed by atoms with Crippen LogP contribution < -0.4 is 0 Å². The largest absolute Gasteiger partial charge is 0.483 e. The fraction of sp³-hybridized carbons (Fsp3) is 0.417. The van der Waals surface area contributed by atoms with Crippen molar-refractivity contribution >= 4 is 12.9 Å². The highest BCUT2D eigenvalue weighted by atomic mass is 16.3. The van der Waals surface area contributed by atoms with E-state index in [1.807, 2.05) is 18.5 Å². The summed E-state index contributed by atoms with van der Waals surface area (Å²) in [6.07, 6.45) is 6.41. The summed E-state index contributed by atoms with van der Waals surface area (Å²) in [4.78, 5) is 23.3. The van der Waals surface area contributed by atoms with E-state index in [4.69, 9.17) is 19.8 Å². The molecule has 0 aromatic carbocycles. The number of likely N-dealkylation sites (tertiary alicyclic amines) is 1. The second-order valence-electron chi connectivity index (χ2n) is 3.64. The highest BCUT2D eigenvalue weighted by molar-refractivity contribution is 5.33. The Morgan fingerprint density at radius 3 is 2.39 bits per heavy atom. The van der Waals surface area contributed by atoms with Crippen LogP contribution in [0.5, 0.6) is 0 Å². The third-order valence-corrected chi connectivity index (χ3v) is 2.59. The van der Waals surface area contributed by atoms with Crippen molar-refractivity contribution in [2.24, 2.45) is 0 Å². The minimum absolute atomic E-state index is 0.250. The van der Waals surface area contributed by atoms with Crippen LogP contribution >= 0.6 is 0 Å². The smallest absolute Gasteiger partial charge is 0.290 e. The van der Waals surface area contributed by atoms with E-state index in [1.165, 1.54) is 24.9 Å². The van der Waals surface area contributed by atoms with E-state index in [0.717, 1.165) is 0 Å². The summed E-state index contributed by atoms with van der Waals surface area (Å²) in [5.41, 5.74) is 1.36. The Kier molecular flexibility index (Phi) is 9.11. The van der Waals surface area contributed by atoms with Crippen LogP contribution in [-0.2, 0) is 9.59 Å². The molecule has 0 bridgehead atoms. The Labute approximate surface area is 106 Å². The molecule has 18 heavy (non-hydrogen) atoms. The quantitative estimate of drug-likeness (QED) is 0.733. The molecule has 0 radical (unpaired) electrons. The van der Waals surface area contributed by atoms with Crippen molar-refractivity contribution in [3.05, 3.63) is 30.1 Å². The zero-order valence-corrected chi connectivity index (χ0v) is 10.3. The van der Waals surface area contributed by atoms with Crippen LogP contribution in [0.3, 0.4) is 0 Å². The lowest BCUT2D eigenvalue weighted by Crippen LogP contribution is -2.17. The van der Waals surface area contributed by atoms with Gasteiger partial charge in [-0.25, -0.2) is 0 Å². The molecule has 0 saturated carbocycles. The standard InChI is InChI=1S/C10H14N2.2CH2O2/c1-12-7-3-5-10(12)9-4-2-6-11-8-9;2*2-1-3/h2,4,6,8,10H,3,5,7H2,1H3;2*1H,(H,2,3). The lowest BCUT2D eigenvalue weighted by molar-refractivity contribution is -0.123. The Bertz CT molecular complexity index is 326. The molecule has 1 atom stereocenters. The van der Waals surface area contributed by atoms with Crippen LogP contribution in [0.4, 0.5) is 0 Å². The molecule has 1 fully saturated rings. The van der Waals surface area contributed by atoms with Crippen molar-refractivity contribution in [3.8, 4) is 0 Å². The lowest BCUT2D eigenvalue weighted by Gasteiger charge is -2.18. The van der Waals surface area contributed by atoms with Crippen LogP contribution in [0, 0.1) is 0 Å². The van der Waals surface area contributed by atoms with Gasteiger partial charge in [0.25, 0.3) is 12.9 Å². The molecule has 100 valence electrons. The number of nitrogens with zero attached hydrogens (tertiary/aromatic N) is 2. The highest BCUT2D eigenvalue weighted by Gasteiger charge is 2.21. The van der Waals surface area contributed by atoms with Crippen LogP contribution in [0.2, 0.25) is 0 Å². The first-order chi connectivity index (χ1) is 8.71. The van der Waals surface area contributed by atoms with E-state index in [0.29, 0.717) is 6.04 Å². The molecule has 6 nitrogen and oxygen atoms in total. The van der Waals surface area contributed by atoms with Gasteiger partial charge >= 0.3 is 0 Å². The normalized spacial score (nSPS) is 17.7. The second kappa shape index (κ2) is 10.2. The molecule has 1 saturated heterocycles. The maximum absolute atomic E-state index is 8.36. The van der Waals surface area contributed by atoms with Gasteiger partial charge in [-0.3, -0.25) is 19.5 Å². The van der Waals surface area contributed by atoms with E-state index in [2.05, 4.69) is 23.0 Å². The molecular weight excluding hydrogens is 236 g/mol. The summed E-state index contributed by atoms with van der Waals surface area (Å²) in [5, 5.41) is 13.8. The summed E-state index contributed by atoms with van der Waals surface area (Å²) in [6, 6.07) is 4.79. The summed E-state index contributed by atoms with van der Waals surface area (Å²) >= 11 is 0. The number of rotatable bonds is 1. The Hall–Kier alpha value is -1.95. The molecule has 0 amide bonds. The molecule has 6 heteroatoms. The van der Waals surface area contributed by atoms with Crippen LogP contribution in [0.1, 0.15) is 24.4 Å². The lowest BCUT2D eigenvalue weighted by atomic mass is 10.1. The topological polar surface area (TPSA) is 90.7 Å². The number of pyridine rings is 1. The van der Waals surface area contributed by atoms with Crippen molar-refractivity contribution in [1.82, 2.24) is 9.88 Å². The number of hydrogen-bond acceptors (Lipinski definition) is 4. The zero-order chi connectivity index (χ0) is 13.8. The molecular formula is C12H18N2O4. The molecule has 0 aliphatic carbocycles. The number of carboxylic acid groups (broad SMARTS) is 2. The molecule has 2 heterocycles. The third kappa shape index (κ3) is 5.95. The zero-order valence-electron chi connectivity index (χ0n) is 10.3. The SMILES string of the molecule is CN1CCCC1c1cccnc1.O=CO.O=CO. The first-order valence-corrected chi connectivity index (χ1v) is 5.47. The van der Waals surface area contributed by atoms with Gasteiger partial charge in [-0.05, 0) is 38.1 Å². The van der Waals surface area contributed by atoms with Crippen molar-refractivity contribution in [2.45, 2.75) is 18.9 Å². The summed E-state index contributed by atoms with van der Waals surface area (Å²) in [7, 11) is 2.19. The average Bonchev–Trinajstić information content (AvgIpc) is 2.79. The predicted molar refractivity (Wildman–Crippen MR) is 66.2 cm³/mol. The predicted octanol–water partition coefficient (Wildman–Crippen LogP) is 1.25. The molecule has 2 rings (SSSR count). The molecule has 1 aliphatic rings. The minimum atomic E-state index is -0.250. The van der Waals surface area contributed by atoms with Crippen LogP contribution in [0.15, 0.2) is 24.5 Å². The maximum Gasteiger partial charge on any atom is 0.290 e. The van der Waals surface area contributed by atoms with Gasteiger partial charge in [-0.1, -0.05) is 6.07 Å². The second-order valence-corrected chi connectivity index (χ2v) is 3.64. The average molecular weight is 254 g/mol. The van der Waals surface area contributed by atoms with Gasteiger partial charge in [0.15, 0.2) is 0 Å². The minimum Gasteiger partial charge on any atom is -0.483 e. The highest BCUT2D eigenvalue weighted by Crippen LogP contribution is 2.29. The van der Waals surface area contributed by atoms with Crippen molar-refractivity contribution in [2.75, 3.05) is 13.6 Å². The summed E-state index contributed by atoms with van der Waals surface area (Å²) in [6.45, 7) is 0.722. The third-order valence-electron chi connectivity index (χ3n) is 2.59. The van der Waals surface area contributed by atoms with E-state index in [-0.39, 0.29) is 12.9 Å². The Morgan fingerprint density at radius 1 is 1.39 bits per heavy atom. The van der Waals surface area contributed by atoms with Crippen molar-refractivity contribution in [1.29, 1.82) is 0 Å². The molecule has 2 N–H and O–H groups in total. The Balaban J connectivity index is 0.000000414. The number of aromatic nitrogens is 1. The van der Waals surface area contributed by atoms with E-state index < -0.39 is 0 Å². The van der Waals surface area contributed by atoms with Gasteiger partial charge in [0.05, 0.1) is 0 Å². The van der Waals surface area contributed by atoms with E-state index in [9.17, 15) is 0 Å². The van der Waals surface area contributed by atoms with Gasteiger partial charge < -0.3 is 10.2 Å². The molecule has 1 aromatic heterocycles. The molecule has 0 spiro atoms. The molecule has 1 aliphatic heterocycles. The number of carbonyl (C=O) groups is 2. The van der Waals surface area contributed by atoms with E-state index in [1.54, 1.807) is 0 Å². The fourth-order valence-corrected chi connectivity index (χ4v) is 1.90. The van der Waals surface area contributed by atoms with Gasteiger partial charge in [0.2, 0.25) is 0 Å². The fourth-order valence-electron chi connectivity index (χ4n) is 1.90. The molecule has 1 aromatic rings. The summed E-state index contributed by atoms with van der Waals surface area (Å²) in [5.74, 6) is 0. The first-order valence-electron chi connectivity index (χ1n) is 5.47. The Morgan fingerprint density at radius 2 is 2.00 bits per heavy atom. The first kappa shape index (κ1) is 16.1. The van der Waals surface area contributed by atoms with Gasteiger partial charge in [-0.2, -0.15) is 0 Å². The van der Waals surface area contributed by atoms with Crippen molar-refractivity contribution in [3.63, 3.8) is 0 Å². The monoisotopic (exact) mass is 254 g/mol. The summed E-state index contributed by atoms with van der Waals surface area (Å²) < 4.78 is 0. The van der Waals surface area contributed by atoms with Gasteiger partial charge in [0.1, 0.15) is 0 Å². The van der Waals surface area contributed by atoms with Gasteiger partial charge in [-0.15, -0.1) is 0 Å². The van der Waals surface area contributed by atoms with Crippen LogP contribution in [-0.4, -0.2) is 46.6 Å². The van der Waals surface area contributed by atoms with Gasteiger partial charge in [0, 0.05) is 18.4 Å².